The number of anilines is 1. The molecule has 0 saturated carbocycles. The summed E-state index contributed by atoms with van der Waals surface area (Å²) in [5.74, 6) is 0.277. The van der Waals surface area contributed by atoms with E-state index in [4.69, 9.17) is 14.2 Å². The standard InChI is InChI=1S/C20H24N2O8S2/c1-28-17-11-19(30-3)18(29-2)10-16(17)20(23)21-13-4-6-15(7-5-13)32(26,27)22-14-8-9-31(24,25)12-14/h4-7,10-11,14,22H,8-9,12H2,1-3H3,(H,21,23). The fourth-order valence-corrected chi connectivity index (χ4v) is 6.35. The smallest absolute Gasteiger partial charge is 0.259 e. The zero-order valence-electron chi connectivity index (χ0n) is 17.7. The molecule has 1 aliphatic heterocycles. The number of sulfonamides is 1. The average Bonchev–Trinajstić information content (AvgIpc) is 3.10. The number of hydrogen-bond donors (Lipinski definition) is 2. The van der Waals surface area contributed by atoms with Gasteiger partial charge in [-0.25, -0.2) is 21.6 Å². The lowest BCUT2D eigenvalue weighted by Gasteiger charge is -2.14. The second-order valence-electron chi connectivity index (χ2n) is 7.11. The monoisotopic (exact) mass is 484 g/mol. The maximum absolute atomic E-state index is 12.8. The van der Waals surface area contributed by atoms with Crippen molar-refractivity contribution in [3.8, 4) is 17.2 Å². The Morgan fingerprint density at radius 2 is 1.56 bits per heavy atom. The number of methoxy groups -OCH3 is 3. The first-order chi connectivity index (χ1) is 15.1. The van der Waals surface area contributed by atoms with E-state index in [0.29, 0.717) is 17.2 Å². The summed E-state index contributed by atoms with van der Waals surface area (Å²) in [7, 11) is -2.78. The quantitative estimate of drug-likeness (QED) is 0.574. The normalized spacial score (nSPS) is 17.5. The van der Waals surface area contributed by atoms with Gasteiger partial charge in [-0.15, -0.1) is 0 Å². The molecule has 1 fully saturated rings. The minimum Gasteiger partial charge on any atom is -0.496 e. The molecule has 2 aromatic carbocycles. The number of carbonyl (C=O) groups is 1. The van der Waals surface area contributed by atoms with Gasteiger partial charge in [0.15, 0.2) is 21.3 Å². The molecule has 0 aliphatic carbocycles. The highest BCUT2D eigenvalue weighted by atomic mass is 32.2. The topological polar surface area (TPSA) is 137 Å². The van der Waals surface area contributed by atoms with E-state index in [1.165, 1.54) is 57.7 Å². The molecule has 1 aliphatic rings. The molecule has 1 unspecified atom stereocenters. The van der Waals surface area contributed by atoms with E-state index >= 15 is 0 Å². The van der Waals surface area contributed by atoms with Crippen LogP contribution in [0.5, 0.6) is 17.2 Å². The first-order valence-electron chi connectivity index (χ1n) is 9.52. The molecule has 1 amide bonds. The Kier molecular flexibility index (Phi) is 6.96. The molecule has 3 rings (SSSR count). The van der Waals surface area contributed by atoms with Gasteiger partial charge in [0.1, 0.15) is 5.75 Å². The van der Waals surface area contributed by atoms with Crippen molar-refractivity contribution in [3.05, 3.63) is 42.0 Å². The van der Waals surface area contributed by atoms with Gasteiger partial charge in [0.05, 0.1) is 43.3 Å². The summed E-state index contributed by atoms with van der Waals surface area (Å²) < 4.78 is 66.3. The van der Waals surface area contributed by atoms with Crippen LogP contribution in [0, 0.1) is 0 Å². The predicted octanol–water partition coefficient (Wildman–Crippen LogP) is 1.43. The third-order valence-electron chi connectivity index (χ3n) is 4.93. The molecular weight excluding hydrogens is 460 g/mol. The highest BCUT2D eigenvalue weighted by molar-refractivity contribution is 7.92. The van der Waals surface area contributed by atoms with Crippen LogP contribution in [0.2, 0.25) is 0 Å². The number of ether oxygens (including phenoxy) is 3. The van der Waals surface area contributed by atoms with Gasteiger partial charge in [0, 0.05) is 23.9 Å². The average molecular weight is 485 g/mol. The van der Waals surface area contributed by atoms with Crippen molar-refractivity contribution in [1.29, 1.82) is 0 Å². The molecule has 2 N–H and O–H groups in total. The van der Waals surface area contributed by atoms with E-state index in [-0.39, 0.29) is 34.1 Å². The van der Waals surface area contributed by atoms with Crippen LogP contribution in [-0.2, 0) is 19.9 Å². The summed E-state index contributed by atoms with van der Waals surface area (Å²) in [5.41, 5.74) is 0.556. The Hall–Kier alpha value is -2.83. The maximum Gasteiger partial charge on any atom is 0.259 e. The zero-order chi connectivity index (χ0) is 23.5. The summed E-state index contributed by atoms with van der Waals surface area (Å²) in [6, 6.07) is 7.88. The Bertz CT molecular complexity index is 1210. The fourth-order valence-electron chi connectivity index (χ4n) is 3.30. The summed E-state index contributed by atoms with van der Waals surface area (Å²) in [4.78, 5) is 12.7. The summed E-state index contributed by atoms with van der Waals surface area (Å²) in [5, 5.41) is 2.67. The van der Waals surface area contributed by atoms with Crippen molar-refractivity contribution >= 4 is 31.5 Å². The van der Waals surface area contributed by atoms with Gasteiger partial charge in [-0.2, -0.15) is 0 Å². The molecule has 0 aromatic heterocycles. The van der Waals surface area contributed by atoms with Crippen molar-refractivity contribution in [1.82, 2.24) is 4.72 Å². The Balaban J connectivity index is 1.75. The number of amides is 1. The van der Waals surface area contributed by atoms with Crippen molar-refractivity contribution < 1.29 is 35.8 Å². The Morgan fingerprint density at radius 1 is 0.969 bits per heavy atom. The molecule has 1 saturated heterocycles. The van der Waals surface area contributed by atoms with Crippen molar-refractivity contribution in [2.24, 2.45) is 0 Å². The molecule has 10 nitrogen and oxygen atoms in total. The van der Waals surface area contributed by atoms with Crippen LogP contribution < -0.4 is 24.2 Å². The van der Waals surface area contributed by atoms with Crippen LogP contribution in [0.1, 0.15) is 16.8 Å². The maximum atomic E-state index is 12.8. The molecule has 0 spiro atoms. The molecular formula is C20H24N2O8S2. The number of nitrogens with one attached hydrogen (secondary N) is 2. The molecule has 174 valence electrons. The van der Waals surface area contributed by atoms with Crippen LogP contribution in [0.4, 0.5) is 5.69 Å². The highest BCUT2D eigenvalue weighted by Gasteiger charge is 2.31. The molecule has 32 heavy (non-hydrogen) atoms. The van der Waals surface area contributed by atoms with E-state index in [1.807, 2.05) is 0 Å². The summed E-state index contributed by atoms with van der Waals surface area (Å²) >= 11 is 0. The van der Waals surface area contributed by atoms with Crippen LogP contribution in [0.15, 0.2) is 41.3 Å². The number of sulfone groups is 1. The van der Waals surface area contributed by atoms with Crippen molar-refractivity contribution in [2.45, 2.75) is 17.4 Å². The van der Waals surface area contributed by atoms with E-state index in [0.717, 1.165) is 0 Å². The number of carbonyl (C=O) groups excluding carboxylic acids is 1. The van der Waals surface area contributed by atoms with E-state index < -0.39 is 31.8 Å². The molecule has 12 heteroatoms. The number of benzene rings is 2. The van der Waals surface area contributed by atoms with Crippen LogP contribution in [0.3, 0.4) is 0 Å². The van der Waals surface area contributed by atoms with Gasteiger partial charge >= 0.3 is 0 Å². The number of hydrogen-bond acceptors (Lipinski definition) is 8. The SMILES string of the molecule is COc1cc(OC)c(C(=O)Nc2ccc(S(=O)(=O)NC3CCS(=O)(=O)C3)cc2)cc1OC. The molecule has 2 aromatic rings. The third-order valence-corrected chi connectivity index (χ3v) is 8.23. The second-order valence-corrected chi connectivity index (χ2v) is 11.0. The lowest BCUT2D eigenvalue weighted by molar-refractivity contribution is 0.102. The molecule has 0 bridgehead atoms. The lowest BCUT2D eigenvalue weighted by Crippen LogP contribution is -2.35. The van der Waals surface area contributed by atoms with Crippen LogP contribution in [-0.4, -0.2) is 61.6 Å². The summed E-state index contributed by atoms with van der Waals surface area (Å²) in [6.07, 6.45) is 0.239. The minimum absolute atomic E-state index is 0.0369. The Labute approximate surface area is 186 Å². The second kappa shape index (κ2) is 9.35. The van der Waals surface area contributed by atoms with Crippen LogP contribution >= 0.6 is 0 Å². The van der Waals surface area contributed by atoms with Gasteiger partial charge in [0.25, 0.3) is 5.91 Å². The zero-order valence-corrected chi connectivity index (χ0v) is 19.4. The van der Waals surface area contributed by atoms with Crippen LogP contribution in [0.25, 0.3) is 0 Å². The van der Waals surface area contributed by atoms with Crippen molar-refractivity contribution in [3.63, 3.8) is 0 Å². The lowest BCUT2D eigenvalue weighted by atomic mass is 10.1. The van der Waals surface area contributed by atoms with Crippen molar-refractivity contribution in [2.75, 3.05) is 38.2 Å². The molecule has 0 radical (unpaired) electrons. The summed E-state index contributed by atoms with van der Waals surface area (Å²) in [6.45, 7) is 0. The van der Waals surface area contributed by atoms with E-state index in [2.05, 4.69) is 10.0 Å². The van der Waals surface area contributed by atoms with E-state index in [1.54, 1.807) is 0 Å². The predicted molar refractivity (Wildman–Crippen MR) is 118 cm³/mol. The van der Waals surface area contributed by atoms with Gasteiger partial charge < -0.3 is 19.5 Å². The Morgan fingerprint density at radius 3 is 2.09 bits per heavy atom. The highest BCUT2D eigenvalue weighted by Crippen LogP contribution is 2.35. The van der Waals surface area contributed by atoms with Gasteiger partial charge in [-0.1, -0.05) is 0 Å². The molecule has 1 atom stereocenters. The van der Waals surface area contributed by atoms with Gasteiger partial charge in [0.2, 0.25) is 10.0 Å². The van der Waals surface area contributed by atoms with Gasteiger partial charge in [-0.3, -0.25) is 4.79 Å². The van der Waals surface area contributed by atoms with Gasteiger partial charge in [-0.05, 0) is 30.7 Å². The first-order valence-corrected chi connectivity index (χ1v) is 12.8. The number of rotatable bonds is 8. The first kappa shape index (κ1) is 23.8. The third kappa shape index (κ3) is 5.31. The minimum atomic E-state index is -3.90. The fraction of sp³-hybridized carbons (Fsp3) is 0.350. The molecule has 1 heterocycles. The van der Waals surface area contributed by atoms with E-state index in [9.17, 15) is 21.6 Å². The largest absolute Gasteiger partial charge is 0.496 e.